The number of aliphatic hydroxyl groups is 1. The minimum absolute atomic E-state index is 0.000481. The first kappa shape index (κ1) is 17.9. The minimum atomic E-state index is -3.51. The summed E-state index contributed by atoms with van der Waals surface area (Å²) < 4.78 is 27.4. The Bertz CT molecular complexity index is 517. The van der Waals surface area contributed by atoms with Gasteiger partial charge in [0.15, 0.2) is 0 Å². The summed E-state index contributed by atoms with van der Waals surface area (Å²) in [4.78, 5) is 2.22. The third-order valence-electron chi connectivity index (χ3n) is 3.19. The van der Waals surface area contributed by atoms with E-state index in [2.05, 4.69) is 11.6 Å². The van der Waals surface area contributed by atoms with Crippen molar-refractivity contribution in [3.63, 3.8) is 0 Å². The minimum Gasteiger partial charge on any atom is -0.395 e. The van der Waals surface area contributed by atoms with Gasteiger partial charge in [-0.05, 0) is 25.0 Å². The molecule has 120 valence electrons. The Labute approximate surface area is 128 Å². The molecule has 5 nitrogen and oxygen atoms in total. The van der Waals surface area contributed by atoms with E-state index in [1.165, 1.54) is 0 Å². The van der Waals surface area contributed by atoms with Gasteiger partial charge >= 0.3 is 0 Å². The van der Waals surface area contributed by atoms with Crippen molar-refractivity contribution in [2.24, 2.45) is 0 Å². The Kier molecular flexibility index (Phi) is 7.71. The van der Waals surface area contributed by atoms with Crippen molar-refractivity contribution in [3.8, 4) is 0 Å². The molecule has 0 bridgehead atoms. The van der Waals surface area contributed by atoms with Crippen molar-refractivity contribution in [1.29, 1.82) is 0 Å². The van der Waals surface area contributed by atoms with Crippen LogP contribution in [0, 0.1) is 0 Å². The Balaban J connectivity index is 3.11. The fraction of sp³-hybridized carbons (Fsp3) is 0.600. The normalized spacial score (nSPS) is 11.6. The second-order valence-corrected chi connectivity index (χ2v) is 6.67. The number of hydrogen-bond donors (Lipinski definition) is 2. The van der Waals surface area contributed by atoms with E-state index in [0.717, 1.165) is 25.8 Å². The van der Waals surface area contributed by atoms with E-state index < -0.39 is 10.0 Å². The third kappa shape index (κ3) is 5.30. The monoisotopic (exact) mass is 314 g/mol. The second kappa shape index (κ2) is 9.02. The Hall–Kier alpha value is -1.11. The molecule has 2 N–H and O–H groups in total. The van der Waals surface area contributed by atoms with Crippen LogP contribution in [-0.4, -0.2) is 39.8 Å². The van der Waals surface area contributed by atoms with Gasteiger partial charge in [0.25, 0.3) is 0 Å². The molecule has 0 heterocycles. The summed E-state index contributed by atoms with van der Waals surface area (Å²) >= 11 is 0. The number of anilines is 1. The van der Waals surface area contributed by atoms with Crippen LogP contribution in [0.1, 0.15) is 33.1 Å². The van der Waals surface area contributed by atoms with Crippen LogP contribution in [-0.2, 0) is 10.0 Å². The second-order valence-electron chi connectivity index (χ2n) is 4.93. The van der Waals surface area contributed by atoms with Crippen LogP contribution >= 0.6 is 0 Å². The fourth-order valence-electron chi connectivity index (χ4n) is 2.08. The Morgan fingerprint density at radius 1 is 1.14 bits per heavy atom. The van der Waals surface area contributed by atoms with Crippen LogP contribution in [0.25, 0.3) is 0 Å². The highest BCUT2D eigenvalue weighted by Gasteiger charge is 2.20. The van der Waals surface area contributed by atoms with Gasteiger partial charge in [-0.1, -0.05) is 32.4 Å². The summed E-state index contributed by atoms with van der Waals surface area (Å²) in [7, 11) is -3.51. The van der Waals surface area contributed by atoms with Gasteiger partial charge in [-0.25, -0.2) is 13.1 Å². The third-order valence-corrected chi connectivity index (χ3v) is 4.70. The molecule has 0 radical (unpaired) electrons. The quantitative estimate of drug-likeness (QED) is 0.693. The molecule has 21 heavy (non-hydrogen) atoms. The van der Waals surface area contributed by atoms with E-state index in [9.17, 15) is 13.5 Å². The first-order valence-corrected chi connectivity index (χ1v) is 8.99. The largest absolute Gasteiger partial charge is 0.395 e. The zero-order valence-corrected chi connectivity index (χ0v) is 13.7. The maximum atomic E-state index is 12.4. The summed E-state index contributed by atoms with van der Waals surface area (Å²) in [5, 5.41) is 9.23. The van der Waals surface area contributed by atoms with Crippen LogP contribution < -0.4 is 9.62 Å². The highest BCUT2D eigenvalue weighted by atomic mass is 32.2. The molecule has 0 unspecified atom stereocenters. The predicted molar refractivity (Wildman–Crippen MR) is 86.1 cm³/mol. The Morgan fingerprint density at radius 2 is 1.86 bits per heavy atom. The lowest BCUT2D eigenvalue weighted by Gasteiger charge is -2.26. The Morgan fingerprint density at radius 3 is 2.48 bits per heavy atom. The average Bonchev–Trinajstić information content (AvgIpc) is 2.49. The lowest BCUT2D eigenvalue weighted by atomic mass is 10.2. The molecule has 0 aliphatic carbocycles. The van der Waals surface area contributed by atoms with Crippen LogP contribution in [0.15, 0.2) is 29.2 Å². The van der Waals surface area contributed by atoms with Gasteiger partial charge in [-0.15, -0.1) is 0 Å². The maximum absolute atomic E-state index is 12.4. The van der Waals surface area contributed by atoms with Gasteiger partial charge in [0.1, 0.15) is 4.90 Å². The fourth-order valence-corrected chi connectivity index (χ4v) is 3.44. The standard InChI is InChI=1S/C15H26N2O3S/c1-3-5-11-17(12-13-18)14-8-6-7-9-15(14)21(19,20)16-10-4-2/h6-9,16,18H,3-5,10-13H2,1-2H3. The molecule has 6 heteroatoms. The highest BCUT2D eigenvalue weighted by molar-refractivity contribution is 7.89. The van der Waals surface area contributed by atoms with E-state index in [4.69, 9.17) is 0 Å². The summed E-state index contributed by atoms with van der Waals surface area (Å²) in [5.74, 6) is 0. The zero-order chi connectivity index (χ0) is 15.7. The summed E-state index contributed by atoms with van der Waals surface area (Å²) in [6.45, 7) is 5.60. The molecule has 0 aliphatic heterocycles. The molecular formula is C15H26N2O3S. The molecule has 1 aromatic carbocycles. The average molecular weight is 314 g/mol. The van der Waals surface area contributed by atoms with E-state index in [1.54, 1.807) is 18.2 Å². The SMILES string of the molecule is CCCCN(CCO)c1ccccc1S(=O)(=O)NCCC. The van der Waals surface area contributed by atoms with Crippen molar-refractivity contribution >= 4 is 15.7 Å². The van der Waals surface area contributed by atoms with Gasteiger partial charge < -0.3 is 10.0 Å². The molecule has 0 saturated heterocycles. The van der Waals surface area contributed by atoms with E-state index in [-0.39, 0.29) is 11.5 Å². The number of aliphatic hydroxyl groups excluding tert-OH is 1. The lowest BCUT2D eigenvalue weighted by Crippen LogP contribution is -2.31. The number of hydrogen-bond acceptors (Lipinski definition) is 4. The molecule has 0 amide bonds. The van der Waals surface area contributed by atoms with E-state index in [0.29, 0.717) is 18.8 Å². The van der Waals surface area contributed by atoms with E-state index >= 15 is 0 Å². The first-order valence-electron chi connectivity index (χ1n) is 7.51. The van der Waals surface area contributed by atoms with Crippen molar-refractivity contribution < 1.29 is 13.5 Å². The summed E-state index contributed by atoms with van der Waals surface area (Å²) in [5.41, 5.74) is 0.656. The molecule has 0 saturated carbocycles. The van der Waals surface area contributed by atoms with Crippen molar-refractivity contribution in [2.75, 3.05) is 31.1 Å². The first-order chi connectivity index (χ1) is 10.1. The molecule has 0 spiro atoms. The maximum Gasteiger partial charge on any atom is 0.242 e. The van der Waals surface area contributed by atoms with Gasteiger partial charge in [0.2, 0.25) is 10.0 Å². The smallest absolute Gasteiger partial charge is 0.242 e. The van der Waals surface area contributed by atoms with E-state index in [1.807, 2.05) is 17.9 Å². The number of rotatable bonds is 10. The molecular weight excluding hydrogens is 288 g/mol. The van der Waals surface area contributed by atoms with Crippen molar-refractivity contribution in [3.05, 3.63) is 24.3 Å². The number of nitrogens with zero attached hydrogens (tertiary/aromatic N) is 1. The summed E-state index contributed by atoms with van der Waals surface area (Å²) in [6, 6.07) is 6.96. The van der Waals surface area contributed by atoms with Crippen LogP contribution in [0.2, 0.25) is 0 Å². The van der Waals surface area contributed by atoms with Gasteiger partial charge in [-0.2, -0.15) is 0 Å². The number of para-hydroxylation sites is 1. The van der Waals surface area contributed by atoms with Crippen LogP contribution in [0.4, 0.5) is 5.69 Å². The van der Waals surface area contributed by atoms with Crippen molar-refractivity contribution in [1.82, 2.24) is 4.72 Å². The molecule has 0 atom stereocenters. The number of unbranched alkanes of at least 4 members (excludes halogenated alkanes) is 1. The molecule has 0 aromatic heterocycles. The van der Waals surface area contributed by atoms with Gasteiger partial charge in [0, 0.05) is 19.6 Å². The van der Waals surface area contributed by atoms with Crippen molar-refractivity contribution in [2.45, 2.75) is 38.0 Å². The topological polar surface area (TPSA) is 69.6 Å². The highest BCUT2D eigenvalue weighted by Crippen LogP contribution is 2.25. The molecule has 1 rings (SSSR count). The van der Waals surface area contributed by atoms with Gasteiger partial charge in [-0.3, -0.25) is 0 Å². The van der Waals surface area contributed by atoms with Gasteiger partial charge in [0.05, 0.1) is 12.3 Å². The predicted octanol–water partition coefficient (Wildman–Crippen LogP) is 1.97. The zero-order valence-electron chi connectivity index (χ0n) is 12.9. The number of nitrogens with one attached hydrogen (secondary N) is 1. The lowest BCUT2D eigenvalue weighted by molar-refractivity contribution is 0.301. The molecule has 0 aliphatic rings. The molecule has 1 aromatic rings. The number of sulfonamides is 1. The summed E-state index contributed by atoms with van der Waals surface area (Å²) in [6.07, 6.45) is 2.72. The van der Waals surface area contributed by atoms with Crippen LogP contribution in [0.5, 0.6) is 0 Å². The number of benzene rings is 1. The molecule has 0 fully saturated rings. The van der Waals surface area contributed by atoms with Crippen LogP contribution in [0.3, 0.4) is 0 Å².